The van der Waals surface area contributed by atoms with Crippen molar-refractivity contribution in [2.45, 2.75) is 25.7 Å². The van der Waals surface area contributed by atoms with E-state index in [1.807, 2.05) is 12.1 Å². The number of carbonyl (C=O) groups is 1. The Morgan fingerprint density at radius 2 is 1.62 bits per heavy atom. The second kappa shape index (κ2) is 9.08. The Kier molecular flexibility index (Phi) is 6.82. The number of aryl methyl sites for hydroxylation is 3. The quantitative estimate of drug-likeness (QED) is 0.756. The molecular weight excluding hydrogens is 304 g/mol. The van der Waals surface area contributed by atoms with Gasteiger partial charge in [0.25, 0.3) is 0 Å². The molecule has 24 heavy (non-hydrogen) atoms. The highest BCUT2D eigenvalue weighted by molar-refractivity contribution is 5.92. The number of hydrogen-bond acceptors (Lipinski definition) is 4. The minimum absolute atomic E-state index is 0.215. The zero-order valence-electron chi connectivity index (χ0n) is 14.2. The molecule has 0 atom stereocenters. The van der Waals surface area contributed by atoms with E-state index in [4.69, 9.17) is 14.6 Å². The van der Waals surface area contributed by atoms with Gasteiger partial charge >= 0.3 is 5.97 Å². The number of ether oxygens (including phenoxy) is 2. The summed E-state index contributed by atoms with van der Waals surface area (Å²) in [7, 11) is 2.91. The number of benzene rings is 2. The molecule has 0 bridgehead atoms. The van der Waals surface area contributed by atoms with Crippen LogP contribution >= 0.6 is 0 Å². The fourth-order valence-corrected chi connectivity index (χ4v) is 2.69. The molecule has 0 fully saturated rings. The summed E-state index contributed by atoms with van der Waals surface area (Å²) in [6.07, 6.45) is 3.39. The van der Waals surface area contributed by atoms with Crippen LogP contribution in [0, 0.1) is 0 Å². The third-order valence-corrected chi connectivity index (χ3v) is 3.99. The van der Waals surface area contributed by atoms with Crippen molar-refractivity contribution >= 4 is 5.97 Å². The molecule has 0 aromatic heterocycles. The Hall–Kier alpha value is -2.33. The average molecular weight is 328 g/mol. The normalized spacial score (nSPS) is 10.5. The number of esters is 1. The van der Waals surface area contributed by atoms with Gasteiger partial charge in [0.15, 0.2) is 0 Å². The lowest BCUT2D eigenvalue weighted by Gasteiger charge is -2.10. The minimum Gasteiger partial charge on any atom is -0.496 e. The van der Waals surface area contributed by atoms with E-state index >= 15 is 0 Å². The number of aliphatic hydroxyl groups is 1. The van der Waals surface area contributed by atoms with Gasteiger partial charge in [0.1, 0.15) is 11.3 Å². The first-order chi connectivity index (χ1) is 11.7. The van der Waals surface area contributed by atoms with Gasteiger partial charge in [-0.2, -0.15) is 0 Å². The molecule has 0 aliphatic rings. The Balaban J connectivity index is 2.07. The van der Waals surface area contributed by atoms with E-state index < -0.39 is 0 Å². The maximum absolute atomic E-state index is 11.8. The lowest BCUT2D eigenvalue weighted by molar-refractivity contribution is 0.0597. The van der Waals surface area contributed by atoms with Gasteiger partial charge in [0.2, 0.25) is 0 Å². The number of aliphatic hydroxyl groups excluding tert-OH is 1. The average Bonchev–Trinajstić information content (AvgIpc) is 2.64. The predicted octanol–water partition coefficient (Wildman–Crippen LogP) is 3.19. The van der Waals surface area contributed by atoms with Crippen LogP contribution in [0.1, 0.15) is 33.5 Å². The van der Waals surface area contributed by atoms with Gasteiger partial charge in [-0.1, -0.05) is 30.3 Å². The highest BCUT2D eigenvalue weighted by atomic mass is 16.5. The summed E-state index contributed by atoms with van der Waals surface area (Å²) in [5.74, 6) is 0.135. The van der Waals surface area contributed by atoms with E-state index in [-0.39, 0.29) is 12.6 Å². The first-order valence-electron chi connectivity index (χ1n) is 8.12. The van der Waals surface area contributed by atoms with E-state index in [2.05, 4.69) is 24.3 Å². The molecule has 0 aliphatic carbocycles. The van der Waals surface area contributed by atoms with Crippen LogP contribution in [0.15, 0.2) is 42.5 Å². The molecule has 0 amide bonds. The number of methoxy groups -OCH3 is 2. The van der Waals surface area contributed by atoms with E-state index in [0.29, 0.717) is 11.3 Å². The maximum atomic E-state index is 11.8. The Bertz CT molecular complexity index is 679. The maximum Gasteiger partial charge on any atom is 0.341 e. The van der Waals surface area contributed by atoms with Crippen LogP contribution < -0.4 is 4.74 Å². The lowest BCUT2D eigenvalue weighted by atomic mass is 9.99. The van der Waals surface area contributed by atoms with Crippen molar-refractivity contribution in [1.82, 2.24) is 0 Å². The molecule has 1 N–H and O–H groups in total. The minimum atomic E-state index is -0.389. The molecule has 2 rings (SSSR count). The van der Waals surface area contributed by atoms with Crippen LogP contribution in [0.4, 0.5) is 0 Å². The molecule has 0 radical (unpaired) electrons. The highest BCUT2D eigenvalue weighted by Crippen LogP contribution is 2.22. The van der Waals surface area contributed by atoms with Crippen LogP contribution in [-0.2, 0) is 24.0 Å². The number of hydrogen-bond donors (Lipinski definition) is 1. The first-order valence-corrected chi connectivity index (χ1v) is 8.12. The Labute approximate surface area is 143 Å². The molecule has 0 unspecified atom stereocenters. The van der Waals surface area contributed by atoms with E-state index in [9.17, 15) is 4.79 Å². The highest BCUT2D eigenvalue weighted by Gasteiger charge is 2.13. The van der Waals surface area contributed by atoms with E-state index in [1.165, 1.54) is 18.2 Å². The van der Waals surface area contributed by atoms with Crippen LogP contribution in [0.5, 0.6) is 5.75 Å². The lowest BCUT2D eigenvalue weighted by Crippen LogP contribution is -2.05. The molecule has 2 aromatic carbocycles. The molecule has 2 aromatic rings. The van der Waals surface area contributed by atoms with Gasteiger partial charge in [0.05, 0.1) is 14.2 Å². The summed E-state index contributed by atoms with van der Waals surface area (Å²) < 4.78 is 10.0. The summed E-state index contributed by atoms with van der Waals surface area (Å²) in [6.45, 7) is 0.215. The second-order valence-electron chi connectivity index (χ2n) is 5.67. The largest absolute Gasteiger partial charge is 0.496 e. The summed E-state index contributed by atoms with van der Waals surface area (Å²) >= 11 is 0. The van der Waals surface area contributed by atoms with Crippen LogP contribution in [-0.4, -0.2) is 31.9 Å². The predicted molar refractivity (Wildman–Crippen MR) is 93.6 cm³/mol. The zero-order valence-corrected chi connectivity index (χ0v) is 14.2. The molecule has 128 valence electrons. The zero-order chi connectivity index (χ0) is 17.4. The molecule has 0 saturated heterocycles. The van der Waals surface area contributed by atoms with E-state index in [1.54, 1.807) is 13.2 Å². The summed E-state index contributed by atoms with van der Waals surface area (Å²) in [4.78, 5) is 11.8. The summed E-state index contributed by atoms with van der Waals surface area (Å²) in [5.41, 5.74) is 4.01. The fourth-order valence-electron chi connectivity index (χ4n) is 2.69. The van der Waals surface area contributed by atoms with Crippen molar-refractivity contribution < 1.29 is 19.4 Å². The van der Waals surface area contributed by atoms with Gasteiger partial charge in [-0.3, -0.25) is 0 Å². The van der Waals surface area contributed by atoms with Crippen molar-refractivity contribution in [1.29, 1.82) is 0 Å². The molecule has 4 heteroatoms. The molecule has 0 spiro atoms. The van der Waals surface area contributed by atoms with E-state index in [0.717, 1.165) is 31.2 Å². The molecule has 0 saturated carbocycles. The third kappa shape index (κ3) is 4.83. The third-order valence-electron chi connectivity index (χ3n) is 3.99. The van der Waals surface area contributed by atoms with Gasteiger partial charge in [-0.25, -0.2) is 4.79 Å². The van der Waals surface area contributed by atoms with Crippen molar-refractivity contribution in [3.63, 3.8) is 0 Å². The monoisotopic (exact) mass is 328 g/mol. The topological polar surface area (TPSA) is 55.8 Å². The van der Waals surface area contributed by atoms with Crippen molar-refractivity contribution in [2.24, 2.45) is 0 Å². The molecule has 0 aliphatic heterocycles. The van der Waals surface area contributed by atoms with Gasteiger partial charge < -0.3 is 14.6 Å². The molecule has 0 heterocycles. The molecule has 4 nitrogen and oxygen atoms in total. The van der Waals surface area contributed by atoms with Crippen LogP contribution in [0.25, 0.3) is 0 Å². The van der Waals surface area contributed by atoms with Gasteiger partial charge in [0, 0.05) is 6.61 Å². The van der Waals surface area contributed by atoms with Crippen molar-refractivity contribution in [3.05, 3.63) is 64.7 Å². The van der Waals surface area contributed by atoms with Crippen LogP contribution in [0.3, 0.4) is 0 Å². The smallest absolute Gasteiger partial charge is 0.341 e. The number of rotatable bonds is 8. The number of carbonyl (C=O) groups excluding carboxylic acids is 1. The summed E-state index contributed by atoms with van der Waals surface area (Å²) in [5, 5.41) is 8.93. The summed E-state index contributed by atoms with van der Waals surface area (Å²) in [6, 6.07) is 14.0. The standard InChI is InChI=1S/C20H24O4/c1-23-19-11-10-17(14-18(19)20(22)24-2)9-8-16-6-3-5-15(13-16)7-4-12-21/h3,5-6,10-11,13-14,21H,4,7-9,12H2,1-2H3. The Morgan fingerprint density at radius 1 is 0.958 bits per heavy atom. The SMILES string of the molecule is COC(=O)c1cc(CCc2cccc(CCCO)c2)ccc1OC. The Morgan fingerprint density at radius 3 is 2.25 bits per heavy atom. The van der Waals surface area contributed by atoms with Crippen molar-refractivity contribution in [2.75, 3.05) is 20.8 Å². The fraction of sp³-hybridized carbons (Fsp3) is 0.350. The van der Waals surface area contributed by atoms with Gasteiger partial charge in [-0.05, 0) is 54.5 Å². The second-order valence-corrected chi connectivity index (χ2v) is 5.67. The van der Waals surface area contributed by atoms with Crippen molar-refractivity contribution in [3.8, 4) is 5.75 Å². The van der Waals surface area contributed by atoms with Crippen LogP contribution in [0.2, 0.25) is 0 Å². The first kappa shape index (κ1) is 18.0. The van der Waals surface area contributed by atoms with Gasteiger partial charge in [-0.15, -0.1) is 0 Å². The molecular formula is C20H24O4.